The molecule has 1 aromatic heterocycles. The van der Waals surface area contributed by atoms with Gasteiger partial charge in [0.1, 0.15) is 29.6 Å². The zero-order valence-electron chi connectivity index (χ0n) is 17.8. The Labute approximate surface area is 202 Å². The van der Waals surface area contributed by atoms with E-state index in [0.717, 1.165) is 10.5 Å². The molecular formula is C24H18BrFN2O6. The number of nitrogens with one attached hydrogen (secondary N) is 1. The van der Waals surface area contributed by atoms with Crippen LogP contribution >= 0.6 is 15.9 Å². The van der Waals surface area contributed by atoms with Gasteiger partial charge in [0.15, 0.2) is 0 Å². The maximum Gasteiger partial charge on any atom is 0.373 e. The summed E-state index contributed by atoms with van der Waals surface area (Å²) in [7, 11) is 1.22. The molecule has 10 heteroatoms. The normalized spacial score (nSPS) is 14.4. The average molecular weight is 529 g/mol. The van der Waals surface area contributed by atoms with Crippen LogP contribution in [0.5, 0.6) is 5.75 Å². The number of carbonyl (C=O) groups is 3. The molecule has 0 saturated carbocycles. The second-order valence-corrected chi connectivity index (χ2v) is 8.10. The van der Waals surface area contributed by atoms with Crippen molar-refractivity contribution in [3.63, 3.8) is 0 Å². The molecule has 174 valence electrons. The first-order chi connectivity index (χ1) is 16.3. The van der Waals surface area contributed by atoms with Crippen LogP contribution in [0.3, 0.4) is 0 Å². The minimum atomic E-state index is -0.653. The fraction of sp³-hybridized carbons (Fsp3) is 0.125. The van der Waals surface area contributed by atoms with Crippen molar-refractivity contribution in [1.82, 2.24) is 10.2 Å². The van der Waals surface area contributed by atoms with Crippen molar-refractivity contribution in [2.45, 2.75) is 13.2 Å². The van der Waals surface area contributed by atoms with Crippen LogP contribution in [0.15, 0.2) is 69.2 Å². The molecule has 1 fully saturated rings. The molecule has 0 aliphatic carbocycles. The lowest BCUT2D eigenvalue weighted by Crippen LogP contribution is -2.30. The topological polar surface area (TPSA) is 98.1 Å². The predicted octanol–water partition coefficient (Wildman–Crippen LogP) is 4.64. The Hall–Kier alpha value is -3.92. The fourth-order valence-corrected chi connectivity index (χ4v) is 3.69. The summed E-state index contributed by atoms with van der Waals surface area (Å²) < 4.78 is 29.3. The van der Waals surface area contributed by atoms with E-state index in [9.17, 15) is 18.8 Å². The molecule has 34 heavy (non-hydrogen) atoms. The molecule has 0 radical (unpaired) electrons. The summed E-state index contributed by atoms with van der Waals surface area (Å²) in [5.41, 5.74) is 1.56. The van der Waals surface area contributed by atoms with Crippen molar-refractivity contribution < 1.29 is 32.7 Å². The largest absolute Gasteiger partial charge is 0.488 e. The predicted molar refractivity (Wildman–Crippen MR) is 122 cm³/mol. The Morgan fingerprint density at radius 3 is 2.62 bits per heavy atom. The van der Waals surface area contributed by atoms with Crippen molar-refractivity contribution in [2.75, 3.05) is 7.11 Å². The highest BCUT2D eigenvalue weighted by Crippen LogP contribution is 2.28. The van der Waals surface area contributed by atoms with E-state index in [1.807, 2.05) is 0 Å². The number of methoxy groups -OCH3 is 1. The molecular weight excluding hydrogens is 511 g/mol. The van der Waals surface area contributed by atoms with Crippen molar-refractivity contribution >= 4 is 39.9 Å². The minimum absolute atomic E-state index is 0.0214. The number of nitrogens with zero attached hydrogens (tertiary/aromatic N) is 1. The summed E-state index contributed by atoms with van der Waals surface area (Å²) in [5.74, 6) is -0.699. The van der Waals surface area contributed by atoms with Crippen LogP contribution in [-0.4, -0.2) is 29.9 Å². The molecule has 4 rings (SSSR count). The summed E-state index contributed by atoms with van der Waals surface area (Å²) >= 11 is 3.44. The summed E-state index contributed by atoms with van der Waals surface area (Å²) in [6, 6.07) is 13.5. The zero-order chi connectivity index (χ0) is 24.2. The molecule has 0 spiro atoms. The summed E-state index contributed by atoms with van der Waals surface area (Å²) in [5, 5.41) is 2.54. The molecule has 2 heterocycles. The number of carbonyl (C=O) groups excluding carboxylic acids is 3. The number of hydrogen-bond donors (Lipinski definition) is 1. The van der Waals surface area contributed by atoms with E-state index in [4.69, 9.17) is 9.15 Å². The number of amides is 3. The molecule has 0 unspecified atom stereocenters. The van der Waals surface area contributed by atoms with Crippen LogP contribution in [0.1, 0.15) is 27.4 Å². The van der Waals surface area contributed by atoms with Gasteiger partial charge in [-0.2, -0.15) is 0 Å². The van der Waals surface area contributed by atoms with E-state index < -0.39 is 17.9 Å². The fourth-order valence-electron chi connectivity index (χ4n) is 3.18. The summed E-state index contributed by atoms with van der Waals surface area (Å²) in [4.78, 5) is 37.5. The third-order valence-electron chi connectivity index (χ3n) is 4.90. The van der Waals surface area contributed by atoms with Gasteiger partial charge in [-0.25, -0.2) is 14.0 Å². The van der Waals surface area contributed by atoms with Gasteiger partial charge in [0.25, 0.3) is 5.91 Å². The van der Waals surface area contributed by atoms with E-state index in [1.165, 1.54) is 37.5 Å². The monoisotopic (exact) mass is 528 g/mol. The second-order valence-electron chi connectivity index (χ2n) is 7.24. The van der Waals surface area contributed by atoms with Gasteiger partial charge in [0.2, 0.25) is 5.76 Å². The Balaban J connectivity index is 1.43. The Morgan fingerprint density at radius 2 is 1.91 bits per heavy atom. The van der Waals surface area contributed by atoms with Gasteiger partial charge in [-0.3, -0.25) is 9.69 Å². The molecule has 1 N–H and O–H groups in total. The SMILES string of the molecule is COC(=O)c1ccc(CN2C(=O)N/C(=C\c3ccc(OCc4ccc(F)cc4)c(Br)c3)C2=O)o1. The summed E-state index contributed by atoms with van der Waals surface area (Å²) in [6.45, 7) is 0.117. The number of imide groups is 1. The number of hydrogen-bond acceptors (Lipinski definition) is 6. The first-order valence-electron chi connectivity index (χ1n) is 10.0. The standard InChI is InChI=1S/C24H18BrFN2O6/c1-32-23(30)21-9-7-17(34-21)12-28-22(29)19(27-24(28)31)11-15-4-8-20(18(25)10-15)33-13-14-2-5-16(26)6-3-14/h2-11H,12-13H2,1H3,(H,27,31)/b19-11-. The number of halogens is 2. The van der Waals surface area contributed by atoms with E-state index in [0.29, 0.717) is 15.8 Å². The number of ether oxygens (including phenoxy) is 2. The maximum atomic E-state index is 13.0. The highest BCUT2D eigenvalue weighted by molar-refractivity contribution is 9.10. The van der Waals surface area contributed by atoms with Gasteiger partial charge in [-0.15, -0.1) is 0 Å². The Bertz CT molecular complexity index is 1280. The lowest BCUT2D eigenvalue weighted by Gasteiger charge is -2.10. The van der Waals surface area contributed by atoms with Crippen molar-refractivity contribution in [1.29, 1.82) is 0 Å². The minimum Gasteiger partial charge on any atom is -0.488 e. The van der Waals surface area contributed by atoms with Gasteiger partial charge < -0.3 is 19.2 Å². The van der Waals surface area contributed by atoms with Crippen LogP contribution in [-0.2, 0) is 22.7 Å². The Morgan fingerprint density at radius 1 is 1.15 bits per heavy atom. The van der Waals surface area contributed by atoms with Crippen LogP contribution in [0.4, 0.5) is 9.18 Å². The molecule has 1 saturated heterocycles. The van der Waals surface area contributed by atoms with E-state index in [2.05, 4.69) is 26.0 Å². The first kappa shape index (κ1) is 23.2. The second kappa shape index (κ2) is 9.92. The van der Waals surface area contributed by atoms with Crippen LogP contribution in [0, 0.1) is 5.82 Å². The summed E-state index contributed by atoms with van der Waals surface area (Å²) in [6.07, 6.45) is 1.54. The number of rotatable bonds is 7. The zero-order valence-corrected chi connectivity index (χ0v) is 19.4. The molecule has 1 aliphatic heterocycles. The Kier molecular flexibility index (Phi) is 6.78. The van der Waals surface area contributed by atoms with Crippen LogP contribution in [0.2, 0.25) is 0 Å². The molecule has 8 nitrogen and oxygen atoms in total. The highest BCUT2D eigenvalue weighted by Gasteiger charge is 2.34. The van der Waals surface area contributed by atoms with Crippen LogP contribution in [0.25, 0.3) is 6.08 Å². The van der Waals surface area contributed by atoms with Crippen molar-refractivity contribution in [3.8, 4) is 5.75 Å². The quantitative estimate of drug-likeness (QED) is 0.272. The van der Waals surface area contributed by atoms with E-state index in [-0.39, 0.29) is 36.2 Å². The molecule has 3 amide bonds. The number of esters is 1. The number of benzene rings is 2. The average Bonchev–Trinajstić information content (AvgIpc) is 3.39. The highest BCUT2D eigenvalue weighted by atomic mass is 79.9. The van der Waals surface area contributed by atoms with E-state index in [1.54, 1.807) is 30.3 Å². The van der Waals surface area contributed by atoms with Gasteiger partial charge in [-0.05, 0) is 69.5 Å². The first-order valence-corrected chi connectivity index (χ1v) is 10.8. The van der Waals surface area contributed by atoms with Gasteiger partial charge in [0, 0.05) is 0 Å². The molecule has 0 atom stereocenters. The molecule has 0 bridgehead atoms. The maximum absolute atomic E-state index is 13.0. The molecule has 1 aliphatic rings. The van der Waals surface area contributed by atoms with Gasteiger partial charge in [0.05, 0.1) is 18.1 Å². The molecule has 2 aromatic carbocycles. The lowest BCUT2D eigenvalue weighted by atomic mass is 10.2. The molecule has 3 aromatic rings. The number of urea groups is 1. The van der Waals surface area contributed by atoms with Gasteiger partial charge >= 0.3 is 12.0 Å². The van der Waals surface area contributed by atoms with Crippen molar-refractivity contribution in [3.05, 3.63) is 93.2 Å². The lowest BCUT2D eigenvalue weighted by molar-refractivity contribution is -0.123. The number of furan rings is 1. The third-order valence-corrected chi connectivity index (χ3v) is 5.52. The third kappa shape index (κ3) is 5.18. The van der Waals surface area contributed by atoms with E-state index >= 15 is 0 Å². The van der Waals surface area contributed by atoms with Crippen molar-refractivity contribution in [2.24, 2.45) is 0 Å². The van der Waals surface area contributed by atoms with Crippen LogP contribution < -0.4 is 10.1 Å². The van der Waals surface area contributed by atoms with Gasteiger partial charge in [-0.1, -0.05) is 18.2 Å². The smallest absolute Gasteiger partial charge is 0.373 e.